The van der Waals surface area contributed by atoms with Crippen LogP contribution in [0.3, 0.4) is 0 Å². The van der Waals surface area contributed by atoms with Crippen LogP contribution in [0.1, 0.15) is 18.9 Å². The van der Waals surface area contributed by atoms with Gasteiger partial charge in [-0.2, -0.15) is 0 Å². The summed E-state index contributed by atoms with van der Waals surface area (Å²) in [6.07, 6.45) is 5.55. The van der Waals surface area contributed by atoms with Crippen molar-refractivity contribution in [2.75, 3.05) is 17.2 Å². The van der Waals surface area contributed by atoms with Gasteiger partial charge in [0.15, 0.2) is 5.82 Å². The van der Waals surface area contributed by atoms with Crippen LogP contribution in [0.25, 0.3) is 0 Å². The maximum Gasteiger partial charge on any atom is 0.293 e. The lowest BCUT2D eigenvalue weighted by Crippen LogP contribution is -2.22. The molecule has 5 nitrogen and oxygen atoms in total. The fraction of sp³-hybridized carbons (Fsp3) is 0.333. The second-order valence-corrected chi connectivity index (χ2v) is 4.89. The number of anilines is 3. The topological polar surface area (TPSA) is 59.0 Å². The fourth-order valence-corrected chi connectivity index (χ4v) is 2.47. The molecule has 2 N–H and O–H groups in total. The van der Waals surface area contributed by atoms with E-state index in [1.54, 1.807) is 17.0 Å². The molecule has 1 aliphatic heterocycles. The standard InChI is InChI=1S/C15H18N4O/c1-2-19-9-8-17-14(15(19)20)18-12-5-6-13-11(10-12)4-3-7-16-13/h5-6,8-10,16H,2-4,7H2,1H3,(H,17,18). The molecule has 1 aliphatic rings. The van der Waals surface area contributed by atoms with Gasteiger partial charge in [0.05, 0.1) is 0 Å². The molecule has 3 rings (SSSR count). The van der Waals surface area contributed by atoms with Gasteiger partial charge in [0.25, 0.3) is 5.56 Å². The Balaban J connectivity index is 1.90. The number of rotatable bonds is 3. The summed E-state index contributed by atoms with van der Waals surface area (Å²) in [5.41, 5.74) is 3.29. The van der Waals surface area contributed by atoms with Crippen molar-refractivity contribution in [3.8, 4) is 0 Å². The van der Waals surface area contributed by atoms with Crippen LogP contribution in [0.2, 0.25) is 0 Å². The van der Waals surface area contributed by atoms with Crippen LogP contribution in [0.15, 0.2) is 35.4 Å². The van der Waals surface area contributed by atoms with Gasteiger partial charge in [0.1, 0.15) is 0 Å². The Morgan fingerprint density at radius 2 is 2.35 bits per heavy atom. The van der Waals surface area contributed by atoms with E-state index >= 15 is 0 Å². The van der Waals surface area contributed by atoms with Gasteiger partial charge in [0, 0.05) is 36.9 Å². The predicted molar refractivity (Wildman–Crippen MR) is 80.7 cm³/mol. The van der Waals surface area contributed by atoms with Crippen molar-refractivity contribution in [1.82, 2.24) is 9.55 Å². The largest absolute Gasteiger partial charge is 0.385 e. The molecule has 0 radical (unpaired) electrons. The molecular weight excluding hydrogens is 252 g/mol. The van der Waals surface area contributed by atoms with E-state index in [9.17, 15) is 4.79 Å². The molecule has 0 saturated carbocycles. The van der Waals surface area contributed by atoms with E-state index in [1.165, 1.54) is 11.3 Å². The highest BCUT2D eigenvalue weighted by molar-refractivity contribution is 5.64. The van der Waals surface area contributed by atoms with Crippen LogP contribution in [-0.4, -0.2) is 16.1 Å². The van der Waals surface area contributed by atoms with Crippen LogP contribution in [0.5, 0.6) is 0 Å². The number of nitrogens with zero attached hydrogens (tertiary/aromatic N) is 2. The van der Waals surface area contributed by atoms with Gasteiger partial charge in [-0.3, -0.25) is 4.79 Å². The van der Waals surface area contributed by atoms with E-state index < -0.39 is 0 Å². The van der Waals surface area contributed by atoms with E-state index in [-0.39, 0.29) is 5.56 Å². The van der Waals surface area contributed by atoms with Crippen molar-refractivity contribution in [3.63, 3.8) is 0 Å². The van der Waals surface area contributed by atoms with Crippen molar-refractivity contribution in [1.29, 1.82) is 0 Å². The van der Waals surface area contributed by atoms with E-state index in [2.05, 4.69) is 27.8 Å². The van der Waals surface area contributed by atoms with E-state index in [0.29, 0.717) is 12.4 Å². The van der Waals surface area contributed by atoms with Crippen molar-refractivity contribution in [3.05, 3.63) is 46.5 Å². The second-order valence-electron chi connectivity index (χ2n) is 4.89. The van der Waals surface area contributed by atoms with Crippen molar-refractivity contribution < 1.29 is 0 Å². The first kappa shape index (κ1) is 12.7. The first-order valence-corrected chi connectivity index (χ1v) is 6.97. The third-order valence-electron chi connectivity index (χ3n) is 3.56. The third kappa shape index (κ3) is 2.39. The highest BCUT2D eigenvalue weighted by Gasteiger charge is 2.10. The average molecular weight is 270 g/mol. The molecule has 2 aromatic rings. The Morgan fingerprint density at radius 1 is 1.45 bits per heavy atom. The molecule has 0 bridgehead atoms. The van der Waals surface area contributed by atoms with E-state index in [4.69, 9.17) is 0 Å². The monoisotopic (exact) mass is 270 g/mol. The molecule has 0 atom stereocenters. The number of hydrogen-bond acceptors (Lipinski definition) is 4. The quantitative estimate of drug-likeness (QED) is 0.899. The minimum atomic E-state index is -0.0918. The third-order valence-corrected chi connectivity index (χ3v) is 3.56. The van der Waals surface area contributed by atoms with Crippen LogP contribution in [0, 0.1) is 0 Å². The Labute approximate surface area is 117 Å². The van der Waals surface area contributed by atoms with Crippen LogP contribution in [0.4, 0.5) is 17.2 Å². The zero-order valence-corrected chi connectivity index (χ0v) is 11.5. The smallest absolute Gasteiger partial charge is 0.293 e. The van der Waals surface area contributed by atoms with E-state index in [0.717, 1.165) is 25.1 Å². The van der Waals surface area contributed by atoms with Crippen LogP contribution < -0.4 is 16.2 Å². The number of aromatic nitrogens is 2. The maximum absolute atomic E-state index is 12.1. The zero-order valence-electron chi connectivity index (χ0n) is 11.5. The summed E-state index contributed by atoms with van der Waals surface area (Å²) in [6.45, 7) is 3.61. The normalized spacial score (nSPS) is 13.4. The van der Waals surface area contributed by atoms with Gasteiger partial charge in [-0.05, 0) is 43.5 Å². The van der Waals surface area contributed by atoms with Crippen molar-refractivity contribution in [2.45, 2.75) is 26.3 Å². The molecule has 20 heavy (non-hydrogen) atoms. The second kappa shape index (κ2) is 5.36. The van der Waals surface area contributed by atoms with Gasteiger partial charge in [-0.1, -0.05) is 0 Å². The number of fused-ring (bicyclic) bond motifs is 1. The first-order chi connectivity index (χ1) is 9.78. The number of hydrogen-bond donors (Lipinski definition) is 2. The molecule has 0 aliphatic carbocycles. The lowest BCUT2D eigenvalue weighted by Gasteiger charge is -2.19. The molecule has 0 fully saturated rings. The Bertz CT molecular complexity index is 678. The number of nitrogens with one attached hydrogen (secondary N) is 2. The minimum absolute atomic E-state index is 0.0918. The molecule has 1 aromatic carbocycles. The summed E-state index contributed by atoms with van der Waals surface area (Å²) in [5, 5.41) is 6.50. The van der Waals surface area contributed by atoms with Gasteiger partial charge >= 0.3 is 0 Å². The lowest BCUT2D eigenvalue weighted by molar-refractivity contribution is 0.720. The summed E-state index contributed by atoms with van der Waals surface area (Å²) >= 11 is 0. The van der Waals surface area contributed by atoms with Crippen molar-refractivity contribution in [2.24, 2.45) is 0 Å². The minimum Gasteiger partial charge on any atom is -0.385 e. The molecule has 2 heterocycles. The summed E-state index contributed by atoms with van der Waals surface area (Å²) in [5.74, 6) is 0.373. The Hall–Kier alpha value is -2.30. The molecule has 1 aromatic heterocycles. The Morgan fingerprint density at radius 3 is 3.20 bits per heavy atom. The average Bonchev–Trinajstić information content (AvgIpc) is 2.49. The Kier molecular flexibility index (Phi) is 3.41. The highest BCUT2D eigenvalue weighted by atomic mass is 16.1. The fourth-order valence-electron chi connectivity index (χ4n) is 2.47. The summed E-state index contributed by atoms with van der Waals surface area (Å²) in [6, 6.07) is 6.12. The van der Waals surface area contributed by atoms with Crippen LogP contribution in [-0.2, 0) is 13.0 Å². The summed E-state index contributed by atoms with van der Waals surface area (Å²) < 4.78 is 1.63. The van der Waals surface area contributed by atoms with Gasteiger partial charge < -0.3 is 15.2 Å². The van der Waals surface area contributed by atoms with Gasteiger partial charge in [-0.25, -0.2) is 4.98 Å². The van der Waals surface area contributed by atoms with Crippen LogP contribution >= 0.6 is 0 Å². The SMILES string of the molecule is CCn1ccnc(Nc2ccc3c(c2)CCCN3)c1=O. The van der Waals surface area contributed by atoms with E-state index in [1.807, 2.05) is 13.0 Å². The van der Waals surface area contributed by atoms with Crippen molar-refractivity contribution >= 4 is 17.2 Å². The molecular formula is C15H18N4O. The molecule has 0 amide bonds. The molecule has 5 heteroatoms. The van der Waals surface area contributed by atoms with Gasteiger partial charge in [-0.15, -0.1) is 0 Å². The molecule has 104 valence electrons. The number of aryl methyl sites for hydroxylation is 2. The molecule has 0 spiro atoms. The molecule has 0 saturated heterocycles. The summed E-state index contributed by atoms with van der Waals surface area (Å²) in [4.78, 5) is 16.3. The lowest BCUT2D eigenvalue weighted by atomic mass is 10.0. The number of benzene rings is 1. The summed E-state index contributed by atoms with van der Waals surface area (Å²) in [7, 11) is 0. The highest BCUT2D eigenvalue weighted by Crippen LogP contribution is 2.25. The first-order valence-electron chi connectivity index (χ1n) is 6.97. The van der Waals surface area contributed by atoms with Gasteiger partial charge in [0.2, 0.25) is 0 Å². The molecule has 0 unspecified atom stereocenters. The maximum atomic E-state index is 12.1. The predicted octanol–water partition coefficient (Wildman–Crippen LogP) is 2.36. The zero-order chi connectivity index (χ0) is 13.9.